The molecule has 4 rings (SSSR count). The zero-order valence-corrected chi connectivity index (χ0v) is 16.7. The number of nitrogens with zero attached hydrogens (tertiary/aromatic N) is 2. The standard InChI is InChI=1S/C24H21FN4O2/c25-18-12-10-17(11-13-18)15-29-20-9-5-4-8-19(20)21(28-29)22(30)24(27,23(26)31)14-16-6-2-1-3-7-16/h1-13H,14-15,27H2,(H2,26,31)/t24-/m1/s1. The van der Waals surface area contributed by atoms with Gasteiger partial charge in [0.2, 0.25) is 11.7 Å². The molecule has 0 saturated carbocycles. The fraction of sp³-hybridized carbons (Fsp3) is 0.125. The number of fused-ring (bicyclic) bond motifs is 1. The van der Waals surface area contributed by atoms with Crippen LogP contribution in [0, 0.1) is 5.82 Å². The molecule has 1 amide bonds. The summed E-state index contributed by atoms with van der Waals surface area (Å²) in [7, 11) is 0. The monoisotopic (exact) mass is 416 g/mol. The molecule has 1 heterocycles. The van der Waals surface area contributed by atoms with Crippen LogP contribution < -0.4 is 11.5 Å². The lowest BCUT2D eigenvalue weighted by molar-refractivity contribution is -0.121. The molecule has 0 radical (unpaired) electrons. The highest BCUT2D eigenvalue weighted by Crippen LogP contribution is 2.25. The van der Waals surface area contributed by atoms with Crippen LogP contribution in [0.15, 0.2) is 78.9 Å². The highest BCUT2D eigenvalue weighted by molar-refractivity contribution is 6.20. The van der Waals surface area contributed by atoms with Gasteiger partial charge in [-0.15, -0.1) is 0 Å². The molecule has 1 aromatic heterocycles. The predicted octanol–water partition coefficient (Wildman–Crippen LogP) is 2.83. The molecule has 31 heavy (non-hydrogen) atoms. The lowest BCUT2D eigenvalue weighted by Crippen LogP contribution is -2.59. The second kappa shape index (κ2) is 8.12. The van der Waals surface area contributed by atoms with Crippen LogP contribution in [-0.2, 0) is 17.8 Å². The number of Topliss-reactive ketones (excluding diaryl/α,β-unsaturated/α-hetero) is 1. The highest BCUT2D eigenvalue weighted by Gasteiger charge is 2.43. The number of aromatic nitrogens is 2. The number of carbonyl (C=O) groups excluding carboxylic acids is 2. The van der Waals surface area contributed by atoms with Crippen molar-refractivity contribution in [3.8, 4) is 0 Å². The maximum Gasteiger partial charge on any atom is 0.246 e. The molecule has 7 heteroatoms. The van der Waals surface area contributed by atoms with Crippen LogP contribution in [0.4, 0.5) is 4.39 Å². The Kier molecular flexibility index (Phi) is 5.35. The molecule has 3 aromatic carbocycles. The minimum atomic E-state index is -1.95. The molecule has 0 bridgehead atoms. The summed E-state index contributed by atoms with van der Waals surface area (Å²) in [6.45, 7) is 0.320. The van der Waals surface area contributed by atoms with Gasteiger partial charge in [0.1, 0.15) is 11.5 Å². The van der Waals surface area contributed by atoms with Gasteiger partial charge in [0.25, 0.3) is 0 Å². The summed E-state index contributed by atoms with van der Waals surface area (Å²) >= 11 is 0. The fourth-order valence-electron chi connectivity index (χ4n) is 3.59. The van der Waals surface area contributed by atoms with Crippen molar-refractivity contribution < 1.29 is 14.0 Å². The number of hydrogen-bond acceptors (Lipinski definition) is 4. The summed E-state index contributed by atoms with van der Waals surface area (Å²) in [5.74, 6) is -1.89. The van der Waals surface area contributed by atoms with Gasteiger partial charge < -0.3 is 11.5 Å². The number of para-hydroxylation sites is 1. The number of benzene rings is 3. The van der Waals surface area contributed by atoms with Crippen molar-refractivity contribution in [3.63, 3.8) is 0 Å². The Bertz CT molecular complexity index is 1250. The lowest BCUT2D eigenvalue weighted by Gasteiger charge is -2.23. The van der Waals surface area contributed by atoms with Gasteiger partial charge in [-0.25, -0.2) is 4.39 Å². The van der Waals surface area contributed by atoms with Crippen molar-refractivity contribution in [1.82, 2.24) is 9.78 Å². The molecule has 156 valence electrons. The van der Waals surface area contributed by atoms with E-state index in [1.54, 1.807) is 53.2 Å². The normalized spacial score (nSPS) is 13.1. The molecular weight excluding hydrogens is 395 g/mol. The highest BCUT2D eigenvalue weighted by atomic mass is 19.1. The second-order valence-electron chi connectivity index (χ2n) is 7.48. The van der Waals surface area contributed by atoms with Crippen LogP contribution in [0.3, 0.4) is 0 Å². The van der Waals surface area contributed by atoms with Gasteiger partial charge in [-0.1, -0.05) is 60.7 Å². The zero-order valence-electron chi connectivity index (χ0n) is 16.7. The molecule has 4 N–H and O–H groups in total. The molecule has 0 aliphatic heterocycles. The first kappa shape index (κ1) is 20.4. The number of amides is 1. The number of primary amides is 1. The van der Waals surface area contributed by atoms with E-state index < -0.39 is 17.2 Å². The van der Waals surface area contributed by atoms with Crippen molar-refractivity contribution in [2.24, 2.45) is 11.5 Å². The number of hydrogen-bond donors (Lipinski definition) is 2. The third-order valence-electron chi connectivity index (χ3n) is 5.29. The maximum atomic E-state index is 13.5. The molecule has 0 saturated heterocycles. The Labute approximate surface area is 178 Å². The third kappa shape index (κ3) is 3.95. The zero-order chi connectivity index (χ0) is 22.0. The van der Waals surface area contributed by atoms with Crippen molar-refractivity contribution in [2.75, 3.05) is 0 Å². The van der Waals surface area contributed by atoms with Crippen LogP contribution >= 0.6 is 0 Å². The number of halogens is 1. The number of nitrogens with two attached hydrogens (primary N) is 2. The second-order valence-corrected chi connectivity index (χ2v) is 7.48. The molecule has 0 aliphatic carbocycles. The van der Waals surface area contributed by atoms with Crippen molar-refractivity contribution >= 4 is 22.6 Å². The van der Waals surface area contributed by atoms with E-state index in [2.05, 4.69) is 5.10 Å². The summed E-state index contributed by atoms with van der Waals surface area (Å²) in [6, 6.07) is 22.2. The Morgan fingerprint density at radius 1 is 0.903 bits per heavy atom. The number of carbonyl (C=O) groups is 2. The quantitative estimate of drug-likeness (QED) is 0.357. The van der Waals surface area contributed by atoms with Crippen LogP contribution in [-0.4, -0.2) is 27.0 Å². The van der Waals surface area contributed by atoms with Gasteiger partial charge in [0.05, 0.1) is 12.1 Å². The summed E-state index contributed by atoms with van der Waals surface area (Å²) in [6.07, 6.45) is -0.0405. The third-order valence-corrected chi connectivity index (χ3v) is 5.29. The first-order valence-corrected chi connectivity index (χ1v) is 9.76. The molecule has 4 aromatic rings. The minimum absolute atomic E-state index is 0.0405. The average molecular weight is 416 g/mol. The van der Waals surface area contributed by atoms with E-state index in [0.717, 1.165) is 5.56 Å². The Balaban J connectivity index is 1.76. The molecule has 1 atom stereocenters. The Morgan fingerprint density at radius 2 is 1.55 bits per heavy atom. The van der Waals surface area contributed by atoms with Crippen LogP contribution in [0.25, 0.3) is 10.9 Å². The van der Waals surface area contributed by atoms with Crippen molar-refractivity contribution in [1.29, 1.82) is 0 Å². The van der Waals surface area contributed by atoms with E-state index in [1.807, 2.05) is 18.2 Å². The fourth-order valence-corrected chi connectivity index (χ4v) is 3.59. The molecule has 0 unspecified atom stereocenters. The number of ketones is 1. The van der Waals surface area contributed by atoms with E-state index in [4.69, 9.17) is 11.5 Å². The van der Waals surface area contributed by atoms with E-state index in [-0.39, 0.29) is 17.9 Å². The van der Waals surface area contributed by atoms with E-state index >= 15 is 0 Å². The van der Waals surface area contributed by atoms with Crippen molar-refractivity contribution in [3.05, 3.63) is 102 Å². The number of rotatable bonds is 7. The van der Waals surface area contributed by atoms with Gasteiger partial charge >= 0.3 is 0 Å². The molecular formula is C24H21FN4O2. The van der Waals surface area contributed by atoms with Gasteiger partial charge in [-0.05, 0) is 29.3 Å². The summed E-state index contributed by atoms with van der Waals surface area (Å²) in [5, 5.41) is 5.05. The summed E-state index contributed by atoms with van der Waals surface area (Å²) in [5.41, 5.74) is 12.3. The SMILES string of the molecule is NC(=O)[C@@](N)(Cc1ccccc1)C(=O)c1nn(Cc2ccc(F)cc2)c2ccccc12. The summed E-state index contributed by atoms with van der Waals surface area (Å²) in [4.78, 5) is 25.8. The van der Waals surface area contributed by atoms with Gasteiger partial charge in [0.15, 0.2) is 5.54 Å². The molecule has 6 nitrogen and oxygen atoms in total. The van der Waals surface area contributed by atoms with Crippen LogP contribution in [0.2, 0.25) is 0 Å². The van der Waals surface area contributed by atoms with Gasteiger partial charge in [-0.3, -0.25) is 14.3 Å². The van der Waals surface area contributed by atoms with E-state index in [1.165, 1.54) is 12.1 Å². The van der Waals surface area contributed by atoms with E-state index in [9.17, 15) is 14.0 Å². The Hall–Kier alpha value is -3.84. The smallest absolute Gasteiger partial charge is 0.246 e. The van der Waals surface area contributed by atoms with E-state index in [0.29, 0.717) is 23.0 Å². The first-order chi connectivity index (χ1) is 14.9. The molecule has 0 spiro atoms. The minimum Gasteiger partial charge on any atom is -0.368 e. The predicted molar refractivity (Wildman–Crippen MR) is 116 cm³/mol. The summed E-state index contributed by atoms with van der Waals surface area (Å²) < 4.78 is 14.9. The lowest BCUT2D eigenvalue weighted by atomic mass is 9.84. The van der Waals surface area contributed by atoms with Crippen LogP contribution in [0.5, 0.6) is 0 Å². The molecule has 0 fully saturated rings. The first-order valence-electron chi connectivity index (χ1n) is 9.76. The van der Waals surface area contributed by atoms with Crippen LogP contribution in [0.1, 0.15) is 21.6 Å². The Morgan fingerprint density at radius 3 is 2.23 bits per heavy atom. The maximum absolute atomic E-state index is 13.5. The van der Waals surface area contributed by atoms with Gasteiger partial charge in [0, 0.05) is 11.8 Å². The van der Waals surface area contributed by atoms with Gasteiger partial charge in [-0.2, -0.15) is 5.10 Å². The largest absolute Gasteiger partial charge is 0.368 e. The van der Waals surface area contributed by atoms with Crippen molar-refractivity contribution in [2.45, 2.75) is 18.5 Å². The average Bonchev–Trinajstić information content (AvgIpc) is 3.13. The molecule has 0 aliphatic rings. The topological polar surface area (TPSA) is 104 Å².